The Morgan fingerprint density at radius 1 is 0.909 bits per heavy atom. The van der Waals surface area contributed by atoms with Crippen LogP contribution in [0.1, 0.15) is 27.8 Å². The molecule has 0 fully saturated rings. The molecule has 0 saturated heterocycles. The Labute approximate surface area is 196 Å². The minimum Gasteiger partial charge on any atom is -0.361 e. The van der Waals surface area contributed by atoms with Gasteiger partial charge < -0.3 is 4.98 Å². The lowest BCUT2D eigenvalue weighted by Crippen LogP contribution is -2.34. The van der Waals surface area contributed by atoms with E-state index in [2.05, 4.69) is 11.1 Å². The monoisotopic (exact) mass is 458 g/mol. The van der Waals surface area contributed by atoms with Crippen molar-refractivity contribution in [3.63, 3.8) is 0 Å². The summed E-state index contributed by atoms with van der Waals surface area (Å²) in [6.45, 7) is 6.46. The van der Waals surface area contributed by atoms with Gasteiger partial charge in [-0.1, -0.05) is 78.4 Å². The predicted molar refractivity (Wildman–Crippen MR) is 137 cm³/mol. The summed E-state index contributed by atoms with van der Waals surface area (Å²) in [7, 11) is -3.67. The maximum absolute atomic E-state index is 13.8. The van der Waals surface area contributed by atoms with Gasteiger partial charge in [0.15, 0.2) is 0 Å². The number of benzene rings is 3. The summed E-state index contributed by atoms with van der Waals surface area (Å²) >= 11 is 0. The number of hydrogen-bond donors (Lipinski definition) is 1. The van der Waals surface area contributed by atoms with Gasteiger partial charge in [0, 0.05) is 30.2 Å². The zero-order chi connectivity index (χ0) is 23.4. The number of sulfonamides is 1. The molecule has 4 rings (SSSR count). The molecular weight excluding hydrogens is 428 g/mol. The van der Waals surface area contributed by atoms with Crippen LogP contribution in [-0.4, -0.2) is 30.8 Å². The molecule has 1 heterocycles. The maximum atomic E-state index is 13.8. The van der Waals surface area contributed by atoms with E-state index >= 15 is 0 Å². The lowest BCUT2D eigenvalue weighted by molar-refractivity contribution is 0.445. The normalized spacial score (nSPS) is 12.2. The third-order valence-electron chi connectivity index (χ3n) is 5.93. The number of nitrogens with zero attached hydrogens (tertiary/aromatic N) is 1. The highest BCUT2D eigenvalue weighted by Gasteiger charge is 2.27. The van der Waals surface area contributed by atoms with E-state index in [-0.39, 0.29) is 0 Å². The molecular formula is C28H30N2O2S. The number of para-hydroxylation sites is 1. The molecule has 0 bridgehead atoms. The Morgan fingerprint density at radius 3 is 2.30 bits per heavy atom. The first-order valence-electron chi connectivity index (χ1n) is 11.2. The van der Waals surface area contributed by atoms with Crippen molar-refractivity contribution in [3.8, 4) is 0 Å². The number of aromatic amines is 1. The van der Waals surface area contributed by atoms with Crippen LogP contribution in [0.3, 0.4) is 0 Å². The Hall–Kier alpha value is -3.15. The van der Waals surface area contributed by atoms with E-state index in [9.17, 15) is 8.42 Å². The summed E-state index contributed by atoms with van der Waals surface area (Å²) in [6.07, 6.45) is 6.52. The second kappa shape index (κ2) is 9.77. The van der Waals surface area contributed by atoms with Crippen molar-refractivity contribution in [2.24, 2.45) is 0 Å². The number of aromatic nitrogens is 1. The van der Waals surface area contributed by atoms with E-state index in [4.69, 9.17) is 0 Å². The van der Waals surface area contributed by atoms with Crippen LogP contribution in [0.2, 0.25) is 0 Å². The van der Waals surface area contributed by atoms with Crippen LogP contribution in [0, 0.1) is 20.8 Å². The summed E-state index contributed by atoms with van der Waals surface area (Å²) < 4.78 is 29.3. The van der Waals surface area contributed by atoms with Gasteiger partial charge in [0.2, 0.25) is 10.0 Å². The van der Waals surface area contributed by atoms with Gasteiger partial charge >= 0.3 is 0 Å². The van der Waals surface area contributed by atoms with Gasteiger partial charge in [-0.05, 0) is 55.5 Å². The molecule has 0 spiro atoms. The summed E-state index contributed by atoms with van der Waals surface area (Å²) in [5.74, 6) is 0. The minimum absolute atomic E-state index is 0.312. The summed E-state index contributed by atoms with van der Waals surface area (Å²) in [5.41, 5.74) is 5.88. The van der Waals surface area contributed by atoms with E-state index in [1.54, 1.807) is 4.31 Å². The number of rotatable bonds is 8. The Kier molecular flexibility index (Phi) is 6.82. The van der Waals surface area contributed by atoms with Crippen LogP contribution in [0.5, 0.6) is 0 Å². The molecule has 1 N–H and O–H groups in total. The van der Waals surface area contributed by atoms with Gasteiger partial charge in [-0.25, -0.2) is 8.42 Å². The average molecular weight is 459 g/mol. The Bertz CT molecular complexity index is 1360. The minimum atomic E-state index is -3.67. The highest BCUT2D eigenvalue weighted by atomic mass is 32.2. The van der Waals surface area contributed by atoms with Crippen LogP contribution in [-0.2, 0) is 16.4 Å². The van der Waals surface area contributed by atoms with Gasteiger partial charge in [-0.15, -0.1) is 0 Å². The Balaban J connectivity index is 1.65. The fourth-order valence-electron chi connectivity index (χ4n) is 4.47. The molecule has 4 aromatic rings. The van der Waals surface area contributed by atoms with Gasteiger partial charge in [0.25, 0.3) is 0 Å². The molecule has 0 amide bonds. The second-order valence-corrected chi connectivity index (χ2v) is 10.4. The third-order valence-corrected chi connectivity index (χ3v) is 8.10. The summed E-state index contributed by atoms with van der Waals surface area (Å²) in [6, 6.07) is 21.9. The first-order valence-corrected chi connectivity index (χ1v) is 12.6. The van der Waals surface area contributed by atoms with E-state index in [1.807, 2.05) is 99.8 Å². The molecule has 5 heteroatoms. The van der Waals surface area contributed by atoms with Crippen LogP contribution in [0.25, 0.3) is 17.0 Å². The highest BCUT2D eigenvalue weighted by molar-refractivity contribution is 7.89. The van der Waals surface area contributed by atoms with Crippen LogP contribution in [0.4, 0.5) is 0 Å². The molecule has 33 heavy (non-hydrogen) atoms. The molecule has 1 aromatic heterocycles. The molecule has 3 aromatic carbocycles. The standard InChI is InChI=1S/C28H30N2O2S/c1-21-18-22(2)28(23(3)19-21)33(31,32)30(16-9-12-24-10-5-4-6-11-24)17-15-25-20-29-27-14-8-7-13-26(25)27/h4-14,18-20,29H,15-17H2,1-3H3/b12-9+. The molecule has 0 aliphatic carbocycles. The molecule has 0 aliphatic rings. The molecule has 0 atom stereocenters. The van der Waals surface area contributed by atoms with Crippen LogP contribution < -0.4 is 0 Å². The third kappa shape index (κ3) is 5.10. The SMILES string of the molecule is Cc1cc(C)c(S(=O)(=O)N(C/C=C/c2ccccc2)CCc2c[nH]c3ccccc23)c(C)c1. The smallest absolute Gasteiger partial charge is 0.243 e. The van der Waals surface area contributed by atoms with Gasteiger partial charge in [-0.3, -0.25) is 0 Å². The Morgan fingerprint density at radius 2 is 1.58 bits per heavy atom. The highest BCUT2D eigenvalue weighted by Crippen LogP contribution is 2.26. The molecule has 170 valence electrons. The topological polar surface area (TPSA) is 53.2 Å². The van der Waals surface area contributed by atoms with E-state index in [0.29, 0.717) is 24.4 Å². The maximum Gasteiger partial charge on any atom is 0.243 e. The first-order chi connectivity index (χ1) is 15.9. The van der Waals surface area contributed by atoms with E-state index < -0.39 is 10.0 Å². The van der Waals surface area contributed by atoms with Gasteiger partial charge in [0.1, 0.15) is 0 Å². The quantitative estimate of drug-likeness (QED) is 0.350. The number of fused-ring (bicyclic) bond motifs is 1. The van der Waals surface area contributed by atoms with Gasteiger partial charge in [0.05, 0.1) is 4.90 Å². The van der Waals surface area contributed by atoms with Crippen molar-refractivity contribution >= 4 is 27.0 Å². The lowest BCUT2D eigenvalue weighted by atomic mass is 10.1. The number of H-pyrrole nitrogens is 1. The fraction of sp³-hybridized carbons (Fsp3) is 0.214. The average Bonchev–Trinajstić information content (AvgIpc) is 3.19. The van der Waals surface area contributed by atoms with Crippen molar-refractivity contribution in [1.29, 1.82) is 0 Å². The zero-order valence-corrected chi connectivity index (χ0v) is 20.2. The zero-order valence-electron chi connectivity index (χ0n) is 19.4. The van der Waals surface area contributed by atoms with Crippen molar-refractivity contribution < 1.29 is 8.42 Å². The lowest BCUT2D eigenvalue weighted by Gasteiger charge is -2.23. The number of aryl methyl sites for hydroxylation is 3. The summed E-state index contributed by atoms with van der Waals surface area (Å²) in [4.78, 5) is 3.71. The van der Waals surface area contributed by atoms with Crippen LogP contribution >= 0.6 is 0 Å². The van der Waals surface area contributed by atoms with Gasteiger partial charge in [-0.2, -0.15) is 4.31 Å². The largest absolute Gasteiger partial charge is 0.361 e. The fourth-order valence-corrected chi connectivity index (χ4v) is 6.27. The van der Waals surface area contributed by atoms with Crippen molar-refractivity contribution in [2.45, 2.75) is 32.1 Å². The molecule has 0 aliphatic heterocycles. The number of hydrogen-bond acceptors (Lipinski definition) is 2. The van der Waals surface area contributed by atoms with Crippen molar-refractivity contribution in [2.75, 3.05) is 13.1 Å². The molecule has 0 saturated carbocycles. The summed E-state index contributed by atoms with van der Waals surface area (Å²) in [5, 5.41) is 1.14. The molecule has 0 radical (unpaired) electrons. The van der Waals surface area contributed by atoms with Crippen molar-refractivity contribution in [1.82, 2.24) is 9.29 Å². The molecule has 0 unspecified atom stereocenters. The van der Waals surface area contributed by atoms with E-state index in [1.165, 1.54) is 0 Å². The second-order valence-electron chi connectivity index (χ2n) is 8.51. The van der Waals surface area contributed by atoms with E-state index in [0.717, 1.165) is 38.7 Å². The van der Waals surface area contributed by atoms with Crippen molar-refractivity contribution in [3.05, 3.63) is 107 Å². The predicted octanol–water partition coefficient (Wildman–Crippen LogP) is 6.04. The van der Waals surface area contributed by atoms with Crippen LogP contribution in [0.15, 0.2) is 83.9 Å². The number of nitrogens with one attached hydrogen (secondary N) is 1. The molecule has 4 nitrogen and oxygen atoms in total. The first kappa shape index (κ1) is 23.0.